The predicted molar refractivity (Wildman–Crippen MR) is 78.5 cm³/mol. The average Bonchev–Trinajstić information content (AvgIpc) is 2.39. The minimum atomic E-state index is -0.468. The summed E-state index contributed by atoms with van der Waals surface area (Å²) in [7, 11) is 0. The van der Waals surface area contributed by atoms with E-state index in [4.69, 9.17) is 5.73 Å². The van der Waals surface area contributed by atoms with Crippen LogP contribution in [0, 0.1) is 10.1 Å². The van der Waals surface area contributed by atoms with Crippen LogP contribution in [0.1, 0.15) is 12.5 Å². The van der Waals surface area contributed by atoms with Gasteiger partial charge in [0.25, 0.3) is 0 Å². The molecule has 6 nitrogen and oxygen atoms in total. The van der Waals surface area contributed by atoms with Gasteiger partial charge in [0.2, 0.25) is 5.82 Å². The Morgan fingerprint density at radius 1 is 1.30 bits per heavy atom. The number of nitrogens with one attached hydrogen (secondary N) is 1. The van der Waals surface area contributed by atoms with Crippen LogP contribution in [-0.4, -0.2) is 15.9 Å². The van der Waals surface area contributed by atoms with E-state index in [1.54, 1.807) is 0 Å². The molecule has 3 N–H and O–H groups in total. The summed E-state index contributed by atoms with van der Waals surface area (Å²) in [6.45, 7) is 1.95. The molecule has 1 aromatic heterocycles. The highest BCUT2D eigenvalue weighted by Crippen LogP contribution is 2.24. The largest absolute Gasteiger partial charge is 0.384 e. The lowest BCUT2D eigenvalue weighted by Gasteiger charge is -2.14. The van der Waals surface area contributed by atoms with Gasteiger partial charge in [-0.1, -0.05) is 30.3 Å². The lowest BCUT2D eigenvalue weighted by molar-refractivity contribution is -0.384. The number of nitro groups is 1. The fourth-order valence-electron chi connectivity index (χ4n) is 1.97. The Morgan fingerprint density at radius 2 is 2.00 bits per heavy atom. The van der Waals surface area contributed by atoms with E-state index in [0.29, 0.717) is 0 Å². The molecule has 0 aliphatic carbocycles. The highest BCUT2D eigenvalue weighted by atomic mass is 16.6. The third-order valence-electron chi connectivity index (χ3n) is 2.86. The number of benzene rings is 1. The van der Waals surface area contributed by atoms with Crippen LogP contribution in [-0.2, 0) is 6.42 Å². The van der Waals surface area contributed by atoms with E-state index >= 15 is 0 Å². The smallest absolute Gasteiger partial charge is 0.311 e. The molecule has 0 aliphatic heterocycles. The van der Waals surface area contributed by atoms with Crippen LogP contribution >= 0.6 is 0 Å². The molecule has 0 bridgehead atoms. The van der Waals surface area contributed by atoms with Gasteiger partial charge < -0.3 is 11.1 Å². The van der Waals surface area contributed by atoms with Crippen molar-refractivity contribution in [1.29, 1.82) is 0 Å². The quantitative estimate of drug-likeness (QED) is 0.644. The number of nitrogens with two attached hydrogens (primary N) is 1. The zero-order valence-corrected chi connectivity index (χ0v) is 11.1. The molecule has 1 unspecified atom stereocenters. The van der Waals surface area contributed by atoms with Crippen molar-refractivity contribution in [3.63, 3.8) is 0 Å². The van der Waals surface area contributed by atoms with Crippen molar-refractivity contribution in [2.75, 3.05) is 11.1 Å². The summed E-state index contributed by atoms with van der Waals surface area (Å²) in [6.07, 6.45) is 0.745. The Hall–Kier alpha value is -2.63. The second-order valence-corrected chi connectivity index (χ2v) is 4.60. The second kappa shape index (κ2) is 6.01. The Kier molecular flexibility index (Phi) is 4.14. The predicted octanol–water partition coefficient (Wildman–Crippen LogP) is 2.62. The van der Waals surface area contributed by atoms with Gasteiger partial charge in [-0.2, -0.15) is 0 Å². The molecule has 6 heteroatoms. The first-order chi connectivity index (χ1) is 9.56. The normalized spacial score (nSPS) is 11.8. The number of aromatic nitrogens is 1. The molecule has 0 amide bonds. The van der Waals surface area contributed by atoms with E-state index in [1.807, 2.05) is 37.3 Å². The maximum atomic E-state index is 11.0. The minimum absolute atomic E-state index is 0.00500. The van der Waals surface area contributed by atoms with E-state index < -0.39 is 4.92 Å². The summed E-state index contributed by atoms with van der Waals surface area (Å²) < 4.78 is 0. The summed E-state index contributed by atoms with van der Waals surface area (Å²) in [5.41, 5.74) is 6.66. The third kappa shape index (κ3) is 3.44. The van der Waals surface area contributed by atoms with Crippen LogP contribution in [0.2, 0.25) is 0 Å². The molecule has 2 aromatic rings. The van der Waals surface area contributed by atoms with Crippen molar-refractivity contribution in [1.82, 2.24) is 4.98 Å². The van der Waals surface area contributed by atoms with E-state index in [9.17, 15) is 10.1 Å². The lowest BCUT2D eigenvalue weighted by atomic mass is 10.1. The summed E-state index contributed by atoms with van der Waals surface area (Å²) in [5.74, 6) is 0.462. The number of rotatable bonds is 5. The molecule has 2 rings (SSSR count). The molecule has 1 atom stereocenters. The monoisotopic (exact) mass is 272 g/mol. The van der Waals surface area contributed by atoms with Crippen molar-refractivity contribution in [3.8, 4) is 0 Å². The molecule has 0 fully saturated rings. The Balaban J connectivity index is 2.13. The average molecular weight is 272 g/mol. The number of hydrogen-bond donors (Lipinski definition) is 2. The number of nitrogens with zero attached hydrogens (tertiary/aromatic N) is 2. The molecule has 1 aromatic carbocycles. The van der Waals surface area contributed by atoms with Gasteiger partial charge >= 0.3 is 5.69 Å². The molecule has 1 heterocycles. The van der Waals surface area contributed by atoms with Gasteiger partial charge in [0, 0.05) is 12.1 Å². The molecule has 20 heavy (non-hydrogen) atoms. The van der Waals surface area contributed by atoms with Gasteiger partial charge in [-0.3, -0.25) is 10.1 Å². The topological polar surface area (TPSA) is 94.1 Å². The van der Waals surface area contributed by atoms with Gasteiger partial charge in [0.05, 0.1) is 4.92 Å². The van der Waals surface area contributed by atoms with Gasteiger partial charge in [-0.25, -0.2) is 4.98 Å². The highest BCUT2D eigenvalue weighted by Gasteiger charge is 2.17. The Labute approximate surface area is 116 Å². The van der Waals surface area contributed by atoms with Crippen LogP contribution in [0.5, 0.6) is 0 Å². The van der Waals surface area contributed by atoms with Crippen molar-refractivity contribution >= 4 is 17.3 Å². The second-order valence-electron chi connectivity index (χ2n) is 4.60. The maximum absolute atomic E-state index is 11.0. The molecule has 0 aliphatic rings. The zero-order chi connectivity index (χ0) is 14.5. The molecular formula is C14H16N4O2. The standard InChI is InChI=1S/C14H16N4O2/c1-10(9-11-5-3-2-4-6-11)16-14-12(18(19)20)7-8-13(15)17-14/h2-8,10H,9H2,1H3,(H3,15,16,17). The zero-order valence-electron chi connectivity index (χ0n) is 11.1. The lowest BCUT2D eigenvalue weighted by Crippen LogP contribution is -2.20. The number of anilines is 2. The van der Waals surface area contributed by atoms with Gasteiger partial charge in [0.1, 0.15) is 5.82 Å². The summed E-state index contributed by atoms with van der Waals surface area (Å²) in [5, 5.41) is 14.0. The summed E-state index contributed by atoms with van der Waals surface area (Å²) >= 11 is 0. The first-order valence-corrected chi connectivity index (χ1v) is 6.27. The summed E-state index contributed by atoms with van der Waals surface area (Å²) in [4.78, 5) is 14.5. The van der Waals surface area contributed by atoms with Gasteiger partial charge in [-0.05, 0) is 25.0 Å². The van der Waals surface area contributed by atoms with Crippen LogP contribution < -0.4 is 11.1 Å². The highest BCUT2D eigenvalue weighted by molar-refractivity contribution is 5.59. The van der Waals surface area contributed by atoms with Crippen molar-refractivity contribution < 1.29 is 4.92 Å². The Morgan fingerprint density at radius 3 is 2.65 bits per heavy atom. The van der Waals surface area contributed by atoms with Gasteiger partial charge in [-0.15, -0.1) is 0 Å². The summed E-state index contributed by atoms with van der Waals surface area (Å²) in [6, 6.07) is 12.7. The maximum Gasteiger partial charge on any atom is 0.311 e. The SMILES string of the molecule is CC(Cc1ccccc1)Nc1nc(N)ccc1[N+](=O)[O-]. The fraction of sp³-hybridized carbons (Fsp3) is 0.214. The molecule has 0 radical (unpaired) electrons. The van der Waals surface area contributed by atoms with E-state index in [0.717, 1.165) is 12.0 Å². The molecule has 0 spiro atoms. The van der Waals surface area contributed by atoms with E-state index in [-0.39, 0.29) is 23.4 Å². The number of hydrogen-bond acceptors (Lipinski definition) is 5. The van der Waals surface area contributed by atoms with Crippen LogP contribution in [0.25, 0.3) is 0 Å². The first kappa shape index (κ1) is 13.8. The van der Waals surface area contributed by atoms with Crippen LogP contribution in [0.3, 0.4) is 0 Å². The van der Waals surface area contributed by atoms with Gasteiger partial charge in [0.15, 0.2) is 0 Å². The minimum Gasteiger partial charge on any atom is -0.384 e. The first-order valence-electron chi connectivity index (χ1n) is 6.27. The van der Waals surface area contributed by atoms with E-state index in [1.165, 1.54) is 12.1 Å². The van der Waals surface area contributed by atoms with Crippen molar-refractivity contribution in [2.45, 2.75) is 19.4 Å². The Bertz CT molecular complexity index is 601. The van der Waals surface area contributed by atoms with Crippen LogP contribution in [0.4, 0.5) is 17.3 Å². The van der Waals surface area contributed by atoms with Crippen molar-refractivity contribution in [3.05, 3.63) is 58.1 Å². The molecule has 104 valence electrons. The van der Waals surface area contributed by atoms with Crippen molar-refractivity contribution in [2.24, 2.45) is 0 Å². The molecule has 0 saturated carbocycles. The fourth-order valence-corrected chi connectivity index (χ4v) is 1.97. The molecular weight excluding hydrogens is 256 g/mol. The molecule has 0 saturated heterocycles. The van der Waals surface area contributed by atoms with E-state index in [2.05, 4.69) is 10.3 Å². The number of nitrogen functional groups attached to an aromatic ring is 1. The number of pyridine rings is 1. The third-order valence-corrected chi connectivity index (χ3v) is 2.86. The van der Waals surface area contributed by atoms with Crippen LogP contribution in [0.15, 0.2) is 42.5 Å².